The van der Waals surface area contributed by atoms with E-state index in [9.17, 15) is 0 Å². The van der Waals surface area contributed by atoms with E-state index in [1.54, 1.807) is 30.3 Å². The summed E-state index contributed by atoms with van der Waals surface area (Å²) in [5, 5.41) is 13.0. The Morgan fingerprint density at radius 1 is 1.47 bits per heavy atom. The second-order valence-corrected chi connectivity index (χ2v) is 3.43. The molecule has 0 saturated carbocycles. The molecule has 1 aromatic rings. The van der Waals surface area contributed by atoms with Gasteiger partial charge in [-0.15, -0.1) is 0 Å². The van der Waals surface area contributed by atoms with Crippen molar-refractivity contribution in [2.24, 2.45) is 10.8 Å². The topological polar surface area (TPSA) is 74.2 Å². The van der Waals surface area contributed by atoms with Crippen LogP contribution < -0.4 is 11.2 Å². The minimum Gasteiger partial charge on any atom is -0.387 e. The van der Waals surface area contributed by atoms with Crippen molar-refractivity contribution in [2.45, 2.75) is 0 Å². The smallest absolute Gasteiger partial charge is 0.194 e. The zero-order valence-electron chi connectivity index (χ0n) is 7.57. The Labute approximate surface area is 97.3 Å². The Morgan fingerprint density at radius 3 is 2.53 bits per heavy atom. The summed E-state index contributed by atoms with van der Waals surface area (Å²) in [7, 11) is 0. The molecule has 4 nitrogen and oxygen atoms in total. The average Bonchev–Trinajstić information content (AvgIpc) is 2.21. The fraction of sp³-hybridized carbons (Fsp3) is 0. The van der Waals surface area contributed by atoms with Gasteiger partial charge in [-0.3, -0.25) is 5.43 Å². The van der Waals surface area contributed by atoms with Gasteiger partial charge in [0.1, 0.15) is 11.1 Å². The fourth-order valence-electron chi connectivity index (χ4n) is 0.780. The van der Waals surface area contributed by atoms with E-state index >= 15 is 0 Å². The molecule has 0 radical (unpaired) electrons. The van der Waals surface area contributed by atoms with E-state index in [1.807, 2.05) is 0 Å². The van der Waals surface area contributed by atoms with Crippen LogP contribution in [-0.4, -0.2) is 10.7 Å². The van der Waals surface area contributed by atoms with Gasteiger partial charge in [0.05, 0.1) is 5.69 Å². The predicted octanol–water partition coefficient (Wildman–Crippen LogP) is 1.92. The number of halogens is 1. The summed E-state index contributed by atoms with van der Waals surface area (Å²) >= 11 is 10.3. The maximum absolute atomic E-state index is 8.61. The third-order valence-corrected chi connectivity index (χ3v) is 1.93. The van der Waals surface area contributed by atoms with Crippen molar-refractivity contribution in [3.63, 3.8) is 0 Å². The first-order valence-electron chi connectivity index (χ1n) is 3.92. The van der Waals surface area contributed by atoms with Crippen LogP contribution in [0.3, 0.4) is 0 Å². The standard InChI is InChI=1S/C9H7ClN4S/c10-6-1-3-7(4-2-6)13-14-8(5-11)9(12)15/h1-4,13H,(H2,12,15). The lowest BCUT2D eigenvalue weighted by molar-refractivity contribution is 1.34. The van der Waals surface area contributed by atoms with Crippen LogP contribution in [0.1, 0.15) is 0 Å². The molecule has 0 heterocycles. The van der Waals surface area contributed by atoms with Gasteiger partial charge in [-0.2, -0.15) is 10.4 Å². The van der Waals surface area contributed by atoms with E-state index in [1.165, 1.54) is 0 Å². The minimum absolute atomic E-state index is 0.0139. The zero-order chi connectivity index (χ0) is 11.3. The van der Waals surface area contributed by atoms with Crippen LogP contribution in [0, 0.1) is 11.3 Å². The van der Waals surface area contributed by atoms with E-state index in [2.05, 4.69) is 22.7 Å². The Hall–Kier alpha value is -1.64. The van der Waals surface area contributed by atoms with Crippen LogP contribution in [0.4, 0.5) is 5.69 Å². The second kappa shape index (κ2) is 5.29. The molecular formula is C9H7ClN4S. The SMILES string of the molecule is N#CC(=NNc1ccc(Cl)cc1)C(N)=S. The van der Waals surface area contributed by atoms with Crippen molar-refractivity contribution < 1.29 is 0 Å². The first kappa shape index (κ1) is 11.4. The van der Waals surface area contributed by atoms with Crippen LogP contribution in [0.15, 0.2) is 29.4 Å². The largest absolute Gasteiger partial charge is 0.387 e. The van der Waals surface area contributed by atoms with Crippen molar-refractivity contribution in [2.75, 3.05) is 5.43 Å². The van der Waals surface area contributed by atoms with E-state index in [4.69, 9.17) is 22.6 Å². The van der Waals surface area contributed by atoms with Crippen molar-refractivity contribution in [1.82, 2.24) is 0 Å². The van der Waals surface area contributed by atoms with Crippen LogP contribution in [0.25, 0.3) is 0 Å². The van der Waals surface area contributed by atoms with E-state index < -0.39 is 0 Å². The molecule has 0 aliphatic heterocycles. The number of hydrazone groups is 1. The highest BCUT2D eigenvalue weighted by molar-refractivity contribution is 7.82. The lowest BCUT2D eigenvalue weighted by Crippen LogP contribution is -2.20. The Bertz CT molecular complexity index is 432. The number of rotatable bonds is 3. The van der Waals surface area contributed by atoms with Crippen molar-refractivity contribution in [3.05, 3.63) is 29.3 Å². The minimum atomic E-state index is -0.0426. The molecule has 0 bridgehead atoms. The fourth-order valence-corrected chi connectivity index (χ4v) is 0.997. The number of nitrogens with one attached hydrogen (secondary N) is 1. The molecule has 0 aliphatic rings. The third kappa shape index (κ3) is 3.54. The number of thiocarbonyl (C=S) groups is 1. The number of anilines is 1. The van der Waals surface area contributed by atoms with E-state index in [-0.39, 0.29) is 10.7 Å². The predicted molar refractivity (Wildman–Crippen MR) is 64.9 cm³/mol. The molecule has 6 heteroatoms. The van der Waals surface area contributed by atoms with Gasteiger partial charge >= 0.3 is 0 Å². The average molecular weight is 239 g/mol. The first-order chi connectivity index (χ1) is 7.13. The van der Waals surface area contributed by atoms with Gasteiger partial charge in [-0.05, 0) is 24.3 Å². The number of nitrogens with zero attached hydrogens (tertiary/aromatic N) is 2. The Balaban J connectivity index is 2.76. The number of benzene rings is 1. The number of nitrogens with two attached hydrogens (primary N) is 1. The summed E-state index contributed by atoms with van der Waals surface area (Å²) in [6.45, 7) is 0. The van der Waals surface area contributed by atoms with Crippen LogP contribution in [0.2, 0.25) is 5.02 Å². The maximum Gasteiger partial charge on any atom is 0.194 e. The number of hydrogen-bond acceptors (Lipinski definition) is 4. The van der Waals surface area contributed by atoms with E-state index in [0.717, 1.165) is 0 Å². The monoisotopic (exact) mass is 238 g/mol. The summed E-state index contributed by atoms with van der Waals surface area (Å²) in [6, 6.07) is 8.62. The molecule has 76 valence electrons. The van der Waals surface area contributed by atoms with Crippen molar-refractivity contribution >= 4 is 40.2 Å². The Kier molecular flexibility index (Phi) is 4.03. The molecule has 0 aliphatic carbocycles. The van der Waals surface area contributed by atoms with Gasteiger partial charge in [0.25, 0.3) is 0 Å². The number of nitriles is 1. The summed E-state index contributed by atoms with van der Waals surface area (Å²) in [5.41, 5.74) is 8.58. The highest BCUT2D eigenvalue weighted by atomic mass is 35.5. The van der Waals surface area contributed by atoms with Crippen LogP contribution >= 0.6 is 23.8 Å². The van der Waals surface area contributed by atoms with Gasteiger partial charge < -0.3 is 5.73 Å². The van der Waals surface area contributed by atoms with Crippen molar-refractivity contribution in [3.8, 4) is 6.07 Å². The molecule has 0 spiro atoms. The lowest BCUT2D eigenvalue weighted by atomic mass is 10.3. The van der Waals surface area contributed by atoms with E-state index in [0.29, 0.717) is 10.7 Å². The van der Waals surface area contributed by atoms with Crippen LogP contribution in [-0.2, 0) is 0 Å². The molecule has 0 atom stereocenters. The normalized spacial score (nSPS) is 10.5. The highest BCUT2D eigenvalue weighted by Crippen LogP contribution is 2.13. The zero-order valence-corrected chi connectivity index (χ0v) is 9.14. The molecule has 0 unspecified atom stereocenters. The molecule has 0 amide bonds. The number of hydrogen-bond donors (Lipinski definition) is 2. The van der Waals surface area contributed by atoms with Crippen LogP contribution in [0.5, 0.6) is 0 Å². The van der Waals surface area contributed by atoms with Gasteiger partial charge in [0, 0.05) is 5.02 Å². The van der Waals surface area contributed by atoms with Gasteiger partial charge in [0.15, 0.2) is 5.71 Å². The summed E-state index contributed by atoms with van der Waals surface area (Å²) in [6.07, 6.45) is 0. The quantitative estimate of drug-likeness (QED) is 0.479. The molecule has 0 aromatic heterocycles. The highest BCUT2D eigenvalue weighted by Gasteiger charge is 2.00. The summed E-state index contributed by atoms with van der Waals surface area (Å²) in [5.74, 6) is 0. The Morgan fingerprint density at radius 2 is 2.07 bits per heavy atom. The van der Waals surface area contributed by atoms with Gasteiger partial charge in [-0.1, -0.05) is 23.8 Å². The van der Waals surface area contributed by atoms with Gasteiger partial charge in [0.2, 0.25) is 0 Å². The molecule has 0 fully saturated rings. The molecule has 0 saturated heterocycles. The molecule has 1 rings (SSSR count). The first-order valence-corrected chi connectivity index (χ1v) is 4.71. The molecular weight excluding hydrogens is 232 g/mol. The second-order valence-electron chi connectivity index (χ2n) is 2.56. The summed E-state index contributed by atoms with van der Waals surface area (Å²) < 4.78 is 0. The molecule has 15 heavy (non-hydrogen) atoms. The lowest BCUT2D eigenvalue weighted by Gasteiger charge is -2.00. The van der Waals surface area contributed by atoms with Crippen molar-refractivity contribution in [1.29, 1.82) is 5.26 Å². The summed E-state index contributed by atoms with van der Waals surface area (Å²) in [4.78, 5) is -0.0426. The molecule has 3 N–H and O–H groups in total. The molecule has 1 aromatic carbocycles. The maximum atomic E-state index is 8.61. The van der Waals surface area contributed by atoms with Gasteiger partial charge in [-0.25, -0.2) is 0 Å². The third-order valence-electron chi connectivity index (χ3n) is 1.48.